The summed E-state index contributed by atoms with van der Waals surface area (Å²) < 4.78 is 5.30. The number of carbonyl (C=O) groups is 3. The lowest BCUT2D eigenvalue weighted by Gasteiger charge is -2.37. The molecule has 0 heterocycles. The molecule has 2 unspecified atom stereocenters. The number of carbonyl (C=O) groups excluding carboxylic acids is 3. The number of hydrogen-bond donors (Lipinski definition) is 2. The molecule has 38 heavy (non-hydrogen) atoms. The minimum Gasteiger partial charge on any atom is -0.444 e. The molecule has 0 bridgehead atoms. The van der Waals surface area contributed by atoms with Crippen LogP contribution >= 0.6 is 11.6 Å². The van der Waals surface area contributed by atoms with Gasteiger partial charge < -0.3 is 20.3 Å². The Hall–Kier alpha value is -3.06. The molecular formula is C30H42ClN3O4. The Labute approximate surface area is 232 Å². The van der Waals surface area contributed by atoms with Crippen LogP contribution in [-0.4, -0.2) is 41.0 Å². The van der Waals surface area contributed by atoms with Crippen LogP contribution in [0, 0.1) is 19.8 Å². The summed E-state index contributed by atoms with van der Waals surface area (Å²) in [6.07, 6.45) is 0.871. The van der Waals surface area contributed by atoms with Crippen LogP contribution in [0.1, 0.15) is 77.1 Å². The van der Waals surface area contributed by atoms with Crippen molar-refractivity contribution in [3.63, 3.8) is 0 Å². The summed E-state index contributed by atoms with van der Waals surface area (Å²) in [6.45, 7) is 15.0. The minimum absolute atomic E-state index is 0.283. The van der Waals surface area contributed by atoms with Gasteiger partial charge in [-0.1, -0.05) is 67.4 Å². The Kier molecular flexibility index (Phi) is 11.2. The van der Waals surface area contributed by atoms with E-state index in [1.165, 1.54) is 0 Å². The molecule has 2 rings (SSSR count). The molecule has 2 N–H and O–H groups in total. The Morgan fingerprint density at radius 3 is 2.16 bits per heavy atom. The smallest absolute Gasteiger partial charge is 0.408 e. The fraction of sp³-hybridized carbons (Fsp3) is 0.500. The third-order valence-corrected chi connectivity index (χ3v) is 6.41. The van der Waals surface area contributed by atoms with E-state index in [0.717, 1.165) is 17.5 Å². The zero-order valence-electron chi connectivity index (χ0n) is 23.9. The fourth-order valence-corrected chi connectivity index (χ4v) is 4.35. The third-order valence-electron chi connectivity index (χ3n) is 6.10. The van der Waals surface area contributed by atoms with Crippen LogP contribution in [-0.2, 0) is 14.3 Å². The van der Waals surface area contributed by atoms with Crippen LogP contribution in [0.15, 0.2) is 42.5 Å². The SMILES string of the molecule is Cc1ccc(C(C(=O)Nc2c(C)cccc2Cl)N(C(=O)CNC(=O)OC(C)(C)C)C(C)CCC(C)C)cc1. The van der Waals surface area contributed by atoms with Crippen molar-refractivity contribution in [2.75, 3.05) is 11.9 Å². The van der Waals surface area contributed by atoms with Gasteiger partial charge in [0.1, 0.15) is 18.2 Å². The van der Waals surface area contributed by atoms with E-state index in [0.29, 0.717) is 28.6 Å². The van der Waals surface area contributed by atoms with E-state index in [9.17, 15) is 14.4 Å². The number of anilines is 1. The van der Waals surface area contributed by atoms with Gasteiger partial charge in [-0.15, -0.1) is 0 Å². The molecule has 7 nitrogen and oxygen atoms in total. The number of rotatable bonds is 10. The Morgan fingerprint density at radius 2 is 1.61 bits per heavy atom. The first-order chi connectivity index (χ1) is 17.7. The van der Waals surface area contributed by atoms with Gasteiger partial charge in [0.25, 0.3) is 5.91 Å². The molecule has 0 radical (unpaired) electrons. The Bertz CT molecular complexity index is 1090. The molecule has 0 saturated heterocycles. The number of alkyl carbamates (subject to hydrolysis) is 1. The van der Waals surface area contributed by atoms with Crippen LogP contribution in [0.25, 0.3) is 0 Å². The lowest BCUT2D eigenvalue weighted by molar-refractivity contribution is -0.140. The standard InChI is InChI=1S/C30H42ClN3O4/c1-19(2)12-15-22(5)34(25(35)18-32-29(37)38-30(6,7)8)27(23-16-13-20(3)14-17-23)28(36)33-26-21(4)10-9-11-24(26)31/h9-11,13-14,16-17,19,22,27H,12,15,18H2,1-8H3,(H,32,37)(H,33,36). The van der Waals surface area contributed by atoms with Crippen molar-refractivity contribution >= 4 is 35.2 Å². The summed E-state index contributed by atoms with van der Waals surface area (Å²) in [5, 5.41) is 5.94. The number of nitrogens with one attached hydrogen (secondary N) is 2. The van der Waals surface area contributed by atoms with Gasteiger partial charge in [-0.2, -0.15) is 0 Å². The van der Waals surface area contributed by atoms with Gasteiger partial charge in [0.2, 0.25) is 5.91 Å². The van der Waals surface area contributed by atoms with Gasteiger partial charge in [0, 0.05) is 6.04 Å². The molecular weight excluding hydrogens is 502 g/mol. The van der Waals surface area contributed by atoms with Crippen LogP contribution in [0.2, 0.25) is 5.02 Å². The monoisotopic (exact) mass is 543 g/mol. The van der Waals surface area contributed by atoms with Gasteiger partial charge in [-0.25, -0.2) is 4.79 Å². The predicted octanol–water partition coefficient (Wildman–Crippen LogP) is 6.81. The summed E-state index contributed by atoms with van der Waals surface area (Å²) in [7, 11) is 0. The predicted molar refractivity (Wildman–Crippen MR) is 153 cm³/mol. The average molecular weight is 544 g/mol. The highest BCUT2D eigenvalue weighted by Gasteiger charge is 2.35. The minimum atomic E-state index is -0.943. The molecule has 3 amide bonds. The summed E-state index contributed by atoms with van der Waals surface area (Å²) >= 11 is 6.41. The average Bonchev–Trinajstić information content (AvgIpc) is 2.81. The number of halogens is 1. The van der Waals surface area contributed by atoms with Crippen molar-refractivity contribution in [3.05, 3.63) is 64.2 Å². The molecule has 0 aliphatic heterocycles. The molecule has 2 aromatic carbocycles. The van der Waals surface area contributed by atoms with E-state index >= 15 is 0 Å². The molecule has 208 valence electrons. The highest BCUT2D eigenvalue weighted by atomic mass is 35.5. The van der Waals surface area contributed by atoms with E-state index in [4.69, 9.17) is 16.3 Å². The number of para-hydroxylation sites is 1. The highest BCUT2D eigenvalue weighted by Crippen LogP contribution is 2.31. The first-order valence-corrected chi connectivity index (χ1v) is 13.5. The van der Waals surface area contributed by atoms with Crippen molar-refractivity contribution < 1.29 is 19.1 Å². The lowest BCUT2D eigenvalue weighted by Crippen LogP contribution is -2.50. The summed E-state index contributed by atoms with van der Waals surface area (Å²) in [5.74, 6) is -0.345. The summed E-state index contributed by atoms with van der Waals surface area (Å²) in [6, 6.07) is 11.7. The van der Waals surface area contributed by atoms with Crippen molar-refractivity contribution in [3.8, 4) is 0 Å². The van der Waals surface area contributed by atoms with Gasteiger partial charge in [0.15, 0.2) is 0 Å². The van der Waals surface area contributed by atoms with Gasteiger partial charge in [0.05, 0.1) is 10.7 Å². The van der Waals surface area contributed by atoms with Crippen LogP contribution in [0.3, 0.4) is 0 Å². The molecule has 2 atom stereocenters. The number of amides is 3. The molecule has 0 fully saturated rings. The maximum atomic E-state index is 13.9. The number of hydrogen-bond acceptors (Lipinski definition) is 4. The van der Waals surface area contributed by atoms with Crippen LogP contribution < -0.4 is 10.6 Å². The van der Waals surface area contributed by atoms with Crippen molar-refractivity contribution in [1.29, 1.82) is 0 Å². The van der Waals surface area contributed by atoms with E-state index in [1.54, 1.807) is 31.7 Å². The maximum absolute atomic E-state index is 13.9. The second-order valence-corrected chi connectivity index (χ2v) is 11.6. The highest BCUT2D eigenvalue weighted by molar-refractivity contribution is 6.34. The molecule has 8 heteroatoms. The Balaban J connectivity index is 2.48. The first kappa shape index (κ1) is 31.2. The largest absolute Gasteiger partial charge is 0.444 e. The van der Waals surface area contributed by atoms with Gasteiger partial charge >= 0.3 is 6.09 Å². The fourth-order valence-electron chi connectivity index (χ4n) is 4.08. The second kappa shape index (κ2) is 13.7. The van der Waals surface area contributed by atoms with Crippen LogP contribution in [0.4, 0.5) is 10.5 Å². The van der Waals surface area contributed by atoms with E-state index in [-0.39, 0.29) is 24.4 Å². The Morgan fingerprint density at radius 1 is 0.974 bits per heavy atom. The number of ether oxygens (including phenoxy) is 1. The van der Waals surface area contributed by atoms with Gasteiger partial charge in [-0.3, -0.25) is 9.59 Å². The molecule has 0 spiro atoms. The second-order valence-electron chi connectivity index (χ2n) is 11.2. The third kappa shape index (κ3) is 9.35. The van der Waals surface area contributed by atoms with Gasteiger partial charge in [-0.05, 0) is 77.5 Å². The van der Waals surface area contributed by atoms with Crippen LogP contribution in [0.5, 0.6) is 0 Å². The van der Waals surface area contributed by atoms with Crippen molar-refractivity contribution in [2.45, 2.75) is 85.9 Å². The molecule has 2 aromatic rings. The van der Waals surface area contributed by atoms with Crippen molar-refractivity contribution in [1.82, 2.24) is 10.2 Å². The van der Waals surface area contributed by atoms with E-state index in [1.807, 2.05) is 57.2 Å². The molecule has 0 saturated carbocycles. The number of aryl methyl sites for hydroxylation is 2. The molecule has 0 aromatic heterocycles. The normalized spacial score (nSPS) is 13.0. The topological polar surface area (TPSA) is 87.7 Å². The number of nitrogens with zero attached hydrogens (tertiary/aromatic N) is 1. The molecule has 0 aliphatic rings. The first-order valence-electron chi connectivity index (χ1n) is 13.1. The zero-order valence-corrected chi connectivity index (χ0v) is 24.6. The summed E-state index contributed by atoms with van der Waals surface area (Å²) in [5.41, 5.74) is 2.32. The van der Waals surface area contributed by atoms with Crippen molar-refractivity contribution in [2.24, 2.45) is 5.92 Å². The molecule has 0 aliphatic carbocycles. The zero-order chi connectivity index (χ0) is 28.6. The lowest BCUT2D eigenvalue weighted by atomic mass is 9.97. The number of benzene rings is 2. The van der Waals surface area contributed by atoms with E-state index in [2.05, 4.69) is 24.5 Å². The summed E-state index contributed by atoms with van der Waals surface area (Å²) in [4.78, 5) is 41.5. The maximum Gasteiger partial charge on any atom is 0.408 e. The van der Waals surface area contributed by atoms with E-state index < -0.39 is 17.7 Å². The quantitative estimate of drug-likeness (QED) is 0.344.